The van der Waals surface area contributed by atoms with Crippen molar-refractivity contribution in [3.8, 4) is 0 Å². The van der Waals surface area contributed by atoms with E-state index in [1.807, 2.05) is 0 Å². The molecule has 0 aromatic heterocycles. The molecule has 0 aromatic rings. The van der Waals surface area contributed by atoms with Crippen LogP contribution in [0.25, 0.3) is 0 Å². The fourth-order valence-electron chi connectivity index (χ4n) is 2.12. The van der Waals surface area contributed by atoms with Gasteiger partial charge in [-0.05, 0) is 16.4 Å². The van der Waals surface area contributed by atoms with Crippen LogP contribution in [0.3, 0.4) is 0 Å². The molecule has 1 aliphatic carbocycles. The lowest BCUT2D eigenvalue weighted by Crippen LogP contribution is -2.20. The second-order valence-corrected chi connectivity index (χ2v) is 6.93. The highest BCUT2D eigenvalue weighted by molar-refractivity contribution is 7.18. The summed E-state index contributed by atoms with van der Waals surface area (Å²) in [7, 11) is 2.94. The Labute approximate surface area is 91.1 Å². The van der Waals surface area contributed by atoms with E-state index in [0.717, 1.165) is 0 Å². The zero-order chi connectivity index (χ0) is 11.1. The molecule has 0 bridgehead atoms. The lowest BCUT2D eigenvalue weighted by Gasteiger charge is -2.31. The van der Waals surface area contributed by atoms with E-state index < -0.39 is 0 Å². The first-order valence-corrected chi connectivity index (χ1v) is 5.99. The van der Waals surface area contributed by atoms with Crippen molar-refractivity contribution >= 4 is 9.24 Å². The molecule has 2 atom stereocenters. The smallest absolute Gasteiger partial charge is 0.0137 e. The van der Waals surface area contributed by atoms with Crippen LogP contribution in [0.1, 0.15) is 41.5 Å². The second-order valence-electron chi connectivity index (χ2n) is 6.21. The maximum Gasteiger partial charge on any atom is 0.0137 e. The van der Waals surface area contributed by atoms with Crippen molar-refractivity contribution in [3.05, 3.63) is 23.3 Å². The van der Waals surface area contributed by atoms with Crippen molar-refractivity contribution in [2.45, 2.75) is 47.2 Å². The minimum atomic E-state index is 0.268. The molecule has 14 heavy (non-hydrogen) atoms. The molecule has 1 aliphatic rings. The molecule has 1 rings (SSSR count). The molecule has 0 radical (unpaired) electrons. The van der Waals surface area contributed by atoms with E-state index in [4.69, 9.17) is 0 Å². The molecule has 0 nitrogen and oxygen atoms in total. The predicted octanol–water partition coefficient (Wildman–Crippen LogP) is 4.19. The molecule has 0 saturated heterocycles. The maximum atomic E-state index is 2.94. The summed E-state index contributed by atoms with van der Waals surface area (Å²) in [6, 6.07) is 0. The summed E-state index contributed by atoms with van der Waals surface area (Å²) in [6.07, 6.45) is 4.60. The minimum absolute atomic E-state index is 0.268. The highest BCUT2D eigenvalue weighted by Gasteiger charge is 2.31. The molecule has 80 valence electrons. The van der Waals surface area contributed by atoms with E-state index in [1.165, 1.54) is 5.57 Å². The van der Waals surface area contributed by atoms with Crippen LogP contribution < -0.4 is 0 Å². The lowest BCUT2D eigenvalue weighted by atomic mass is 9.76. The molecule has 0 aliphatic heterocycles. The summed E-state index contributed by atoms with van der Waals surface area (Å²) in [6.45, 7) is 13.8. The van der Waals surface area contributed by atoms with Gasteiger partial charge in [-0.1, -0.05) is 59.3 Å². The van der Waals surface area contributed by atoms with E-state index >= 15 is 0 Å². The van der Waals surface area contributed by atoms with Crippen LogP contribution in [0, 0.1) is 10.8 Å². The van der Waals surface area contributed by atoms with Crippen LogP contribution in [-0.2, 0) is 0 Å². The zero-order valence-corrected chi connectivity index (χ0v) is 11.5. The Bertz CT molecular complexity index is 281. The molecular formula is C13H23P. The summed E-state index contributed by atoms with van der Waals surface area (Å²) in [5, 5.41) is 0. The Morgan fingerprint density at radius 3 is 1.79 bits per heavy atom. The first kappa shape index (κ1) is 12.0. The van der Waals surface area contributed by atoms with Crippen LogP contribution in [0.15, 0.2) is 23.3 Å². The summed E-state index contributed by atoms with van der Waals surface area (Å²) in [4.78, 5) is 0. The van der Waals surface area contributed by atoms with Crippen molar-refractivity contribution < 1.29 is 0 Å². The number of hydrogen-bond acceptors (Lipinski definition) is 0. The maximum absolute atomic E-state index is 2.94. The van der Waals surface area contributed by atoms with E-state index in [0.29, 0.717) is 5.66 Å². The Kier molecular flexibility index (Phi) is 2.99. The fraction of sp³-hybridized carbons (Fsp3) is 0.692. The summed E-state index contributed by atoms with van der Waals surface area (Å²) < 4.78 is 0. The molecular weight excluding hydrogens is 187 g/mol. The van der Waals surface area contributed by atoms with E-state index in [-0.39, 0.29) is 10.8 Å². The minimum Gasteiger partial charge on any atom is -0.126 e. The third kappa shape index (κ3) is 2.28. The molecule has 2 unspecified atom stereocenters. The van der Waals surface area contributed by atoms with Gasteiger partial charge in [0.2, 0.25) is 0 Å². The van der Waals surface area contributed by atoms with Crippen molar-refractivity contribution in [1.29, 1.82) is 0 Å². The number of rotatable bonds is 0. The van der Waals surface area contributed by atoms with E-state index in [1.54, 1.807) is 5.57 Å². The Balaban J connectivity index is 3.22. The third-order valence-electron chi connectivity index (χ3n) is 2.71. The van der Waals surface area contributed by atoms with Gasteiger partial charge >= 0.3 is 0 Å². The molecule has 0 saturated carbocycles. The van der Waals surface area contributed by atoms with Gasteiger partial charge in [0.25, 0.3) is 0 Å². The average Bonchev–Trinajstić information content (AvgIpc) is 2.27. The quantitative estimate of drug-likeness (QED) is 0.526. The summed E-state index contributed by atoms with van der Waals surface area (Å²) >= 11 is 0. The summed E-state index contributed by atoms with van der Waals surface area (Å²) in [5.74, 6) is 0. The normalized spacial score (nSPS) is 23.5. The largest absolute Gasteiger partial charge is 0.126 e. The topological polar surface area (TPSA) is 0 Å². The molecule has 0 spiro atoms. The number of allylic oxidation sites excluding steroid dienone is 4. The van der Waals surface area contributed by atoms with Gasteiger partial charge in [-0.3, -0.25) is 0 Å². The van der Waals surface area contributed by atoms with Crippen LogP contribution in [-0.4, -0.2) is 5.66 Å². The third-order valence-corrected chi connectivity index (χ3v) is 3.27. The highest BCUT2D eigenvalue weighted by Crippen LogP contribution is 2.44. The van der Waals surface area contributed by atoms with Gasteiger partial charge in [0.1, 0.15) is 0 Å². The van der Waals surface area contributed by atoms with Crippen molar-refractivity contribution in [2.24, 2.45) is 10.8 Å². The Hall–Kier alpha value is -0.0900. The summed E-state index contributed by atoms with van der Waals surface area (Å²) in [5.41, 5.74) is 4.17. The van der Waals surface area contributed by atoms with Crippen molar-refractivity contribution in [2.75, 3.05) is 0 Å². The Morgan fingerprint density at radius 1 is 1.00 bits per heavy atom. The van der Waals surface area contributed by atoms with Crippen LogP contribution in [0.5, 0.6) is 0 Å². The van der Waals surface area contributed by atoms with Crippen LogP contribution in [0.4, 0.5) is 0 Å². The van der Waals surface area contributed by atoms with Gasteiger partial charge in [-0.25, -0.2) is 0 Å². The van der Waals surface area contributed by atoms with Gasteiger partial charge in [0, 0.05) is 5.66 Å². The lowest BCUT2D eigenvalue weighted by molar-refractivity contribution is 0.454. The number of hydrogen-bond donors (Lipinski definition) is 0. The molecule has 0 aromatic carbocycles. The molecule has 1 heteroatoms. The zero-order valence-electron chi connectivity index (χ0n) is 10.3. The first-order valence-electron chi connectivity index (χ1n) is 5.33. The molecule has 0 fully saturated rings. The van der Waals surface area contributed by atoms with Gasteiger partial charge in [0.05, 0.1) is 0 Å². The first-order chi connectivity index (χ1) is 6.14. The van der Waals surface area contributed by atoms with Gasteiger partial charge in [0.15, 0.2) is 0 Å². The van der Waals surface area contributed by atoms with Gasteiger partial charge in [-0.2, -0.15) is 0 Å². The predicted molar refractivity (Wildman–Crippen MR) is 68.6 cm³/mol. The van der Waals surface area contributed by atoms with Crippen molar-refractivity contribution in [1.82, 2.24) is 0 Å². The highest BCUT2D eigenvalue weighted by atomic mass is 31.0. The standard InChI is InChI=1S/C13H23P/c1-12(2,3)9-7-8-10(14)11(9)13(4,5)6/h7-8,10H,14H2,1-6H3. The molecule has 0 N–H and O–H groups in total. The van der Waals surface area contributed by atoms with Crippen LogP contribution >= 0.6 is 9.24 Å². The van der Waals surface area contributed by atoms with Gasteiger partial charge in [-0.15, -0.1) is 9.24 Å². The molecule has 0 amide bonds. The van der Waals surface area contributed by atoms with E-state index in [9.17, 15) is 0 Å². The second kappa shape index (κ2) is 3.49. The average molecular weight is 210 g/mol. The van der Waals surface area contributed by atoms with Crippen molar-refractivity contribution in [3.63, 3.8) is 0 Å². The SMILES string of the molecule is CC(C)(C)C1=C(C(C)(C)C)C(P)C=C1. The fourth-order valence-corrected chi connectivity index (χ4v) is 2.91. The Morgan fingerprint density at radius 2 is 1.50 bits per heavy atom. The van der Waals surface area contributed by atoms with E-state index in [2.05, 4.69) is 62.9 Å². The van der Waals surface area contributed by atoms with Gasteiger partial charge < -0.3 is 0 Å². The monoisotopic (exact) mass is 210 g/mol. The van der Waals surface area contributed by atoms with Crippen LogP contribution in [0.2, 0.25) is 0 Å². The molecule has 0 heterocycles.